The molecule has 0 saturated carbocycles. The Morgan fingerprint density at radius 2 is 2.28 bits per heavy atom. The lowest BCUT2D eigenvalue weighted by molar-refractivity contribution is -0.394. The topological polar surface area (TPSA) is 125 Å². The Morgan fingerprint density at radius 3 is 2.96 bits per heavy atom. The first-order valence-electron chi connectivity index (χ1n) is 7.77. The summed E-state index contributed by atoms with van der Waals surface area (Å²) in [5.74, 6) is -0.918. The van der Waals surface area contributed by atoms with Gasteiger partial charge < -0.3 is 14.9 Å². The lowest BCUT2D eigenvalue weighted by Crippen LogP contribution is -2.11. The van der Waals surface area contributed by atoms with Gasteiger partial charge in [0, 0.05) is 15.8 Å². The van der Waals surface area contributed by atoms with Crippen LogP contribution < -0.4 is 0 Å². The van der Waals surface area contributed by atoms with Gasteiger partial charge in [0.2, 0.25) is 0 Å². The molecule has 2 aromatic rings. The summed E-state index contributed by atoms with van der Waals surface area (Å²) in [6.07, 6.45) is 2.83. The fourth-order valence-corrected chi connectivity index (χ4v) is 3.99. The third-order valence-corrected chi connectivity index (χ3v) is 4.84. The number of aromatic nitrogens is 4. The van der Waals surface area contributed by atoms with Gasteiger partial charge in [0.1, 0.15) is 11.5 Å². The van der Waals surface area contributed by atoms with Crippen LogP contribution in [0.25, 0.3) is 0 Å². The minimum absolute atomic E-state index is 0.145. The van der Waals surface area contributed by atoms with Crippen LogP contribution in [-0.2, 0) is 24.1 Å². The molecule has 11 heteroatoms. The number of rotatable bonds is 6. The zero-order chi connectivity index (χ0) is 18.0. The maximum atomic E-state index is 12.3. The molecule has 1 aliphatic rings. The average Bonchev–Trinajstić information content (AvgIpc) is 3.22. The van der Waals surface area contributed by atoms with Gasteiger partial charge in [-0.05, 0) is 43.6 Å². The molecule has 1 aliphatic carbocycles. The number of carbonyl (C=O) groups excluding carboxylic acids is 1. The Kier molecular flexibility index (Phi) is 4.83. The monoisotopic (exact) mass is 364 g/mol. The van der Waals surface area contributed by atoms with Crippen LogP contribution in [0.3, 0.4) is 0 Å². The summed E-state index contributed by atoms with van der Waals surface area (Å²) >= 11 is 1.49. The fourth-order valence-electron chi connectivity index (χ4n) is 2.67. The van der Waals surface area contributed by atoms with Crippen molar-refractivity contribution in [2.75, 3.05) is 6.61 Å². The van der Waals surface area contributed by atoms with Crippen LogP contribution in [0.5, 0.6) is 0 Å². The summed E-state index contributed by atoms with van der Waals surface area (Å²) in [7, 11) is 0. The number of nitro groups is 1. The molecule has 10 nitrogen and oxygen atoms in total. The molecule has 2 aromatic heterocycles. The Labute approximate surface area is 146 Å². The molecule has 25 heavy (non-hydrogen) atoms. The second-order valence-corrected chi connectivity index (χ2v) is 6.57. The number of hydrogen-bond donors (Lipinski definition) is 0. The molecule has 0 saturated heterocycles. The number of aliphatic imine (C=N–C) groups is 1. The number of ether oxygens (including phenoxy) is 1. The quantitative estimate of drug-likeness (QED) is 0.332. The van der Waals surface area contributed by atoms with Crippen LogP contribution in [-0.4, -0.2) is 43.4 Å². The number of hydrogen-bond acceptors (Lipinski definition) is 9. The minimum atomic E-state index is -0.710. The van der Waals surface area contributed by atoms with Crippen molar-refractivity contribution in [1.29, 1.82) is 0 Å². The summed E-state index contributed by atoms with van der Waals surface area (Å²) in [5, 5.41) is 21.8. The predicted molar refractivity (Wildman–Crippen MR) is 89.5 cm³/mol. The molecule has 2 heterocycles. The van der Waals surface area contributed by atoms with Gasteiger partial charge in [-0.1, -0.05) is 4.80 Å². The van der Waals surface area contributed by atoms with Crippen molar-refractivity contribution in [3.8, 4) is 0 Å². The van der Waals surface area contributed by atoms with Crippen LogP contribution in [0.4, 0.5) is 10.9 Å². The normalized spacial score (nSPS) is 13.8. The molecule has 3 rings (SSSR count). The molecule has 0 bridgehead atoms. The van der Waals surface area contributed by atoms with Gasteiger partial charge in [0.25, 0.3) is 0 Å². The Hall–Kier alpha value is -2.69. The van der Waals surface area contributed by atoms with Crippen molar-refractivity contribution >= 4 is 34.0 Å². The van der Waals surface area contributed by atoms with E-state index in [1.54, 1.807) is 13.8 Å². The number of tetrazole rings is 1. The summed E-state index contributed by atoms with van der Waals surface area (Å²) in [6.45, 7) is 3.96. The zero-order valence-electron chi connectivity index (χ0n) is 13.8. The van der Waals surface area contributed by atoms with Gasteiger partial charge in [0.05, 0.1) is 22.4 Å². The van der Waals surface area contributed by atoms with Crippen molar-refractivity contribution in [2.24, 2.45) is 4.99 Å². The van der Waals surface area contributed by atoms with E-state index in [1.807, 2.05) is 0 Å². The molecule has 0 unspecified atom stereocenters. The van der Waals surface area contributed by atoms with Gasteiger partial charge in [-0.3, -0.25) is 0 Å². The predicted octanol–water partition coefficient (Wildman–Crippen LogP) is 2.10. The van der Waals surface area contributed by atoms with Crippen LogP contribution >= 0.6 is 11.3 Å². The van der Waals surface area contributed by atoms with Crippen LogP contribution in [0, 0.1) is 10.1 Å². The Balaban J connectivity index is 1.86. The SMILES string of the molecule is CCOC(=O)c1c(/N=C(\C)Cn2nnc([N+](=O)[O-])n2)sc2c1CCC2. The van der Waals surface area contributed by atoms with E-state index in [4.69, 9.17) is 4.74 Å². The van der Waals surface area contributed by atoms with Gasteiger partial charge in [-0.25, -0.2) is 9.79 Å². The summed E-state index contributed by atoms with van der Waals surface area (Å²) < 4.78 is 5.17. The van der Waals surface area contributed by atoms with E-state index in [0.29, 0.717) is 22.9 Å². The summed E-state index contributed by atoms with van der Waals surface area (Å²) in [4.78, 5) is 29.0. The van der Waals surface area contributed by atoms with Crippen LogP contribution in [0.1, 0.15) is 41.1 Å². The lowest BCUT2D eigenvalue weighted by atomic mass is 10.1. The standard InChI is InChI=1S/C14H16N6O4S/c1-3-24-13(21)11-9-5-4-6-10(9)25-12(11)15-8(2)7-19-17-14(16-18-19)20(22)23/h3-7H2,1-2H3/b15-8+. The van der Waals surface area contributed by atoms with Crippen molar-refractivity contribution in [2.45, 2.75) is 39.7 Å². The molecule has 0 radical (unpaired) electrons. The van der Waals surface area contributed by atoms with E-state index in [9.17, 15) is 14.9 Å². The van der Waals surface area contributed by atoms with Crippen molar-refractivity contribution in [1.82, 2.24) is 20.2 Å². The maximum absolute atomic E-state index is 12.3. The number of aryl methyl sites for hydroxylation is 1. The highest BCUT2D eigenvalue weighted by Gasteiger charge is 2.27. The van der Waals surface area contributed by atoms with Gasteiger partial charge in [-0.15, -0.1) is 11.3 Å². The first-order valence-corrected chi connectivity index (χ1v) is 8.59. The van der Waals surface area contributed by atoms with E-state index in [-0.39, 0.29) is 12.5 Å². The highest BCUT2D eigenvalue weighted by Crippen LogP contribution is 2.41. The zero-order valence-corrected chi connectivity index (χ0v) is 14.6. The van der Waals surface area contributed by atoms with E-state index in [1.165, 1.54) is 16.2 Å². The number of fused-ring (bicyclic) bond motifs is 1. The van der Waals surface area contributed by atoms with E-state index in [2.05, 4.69) is 20.4 Å². The molecular formula is C14H16N6O4S. The van der Waals surface area contributed by atoms with E-state index >= 15 is 0 Å². The Bertz CT molecular complexity index is 856. The summed E-state index contributed by atoms with van der Waals surface area (Å²) in [5.41, 5.74) is 2.18. The number of nitrogens with zero attached hydrogens (tertiary/aromatic N) is 6. The number of carbonyl (C=O) groups is 1. The third kappa shape index (κ3) is 3.55. The summed E-state index contributed by atoms with van der Waals surface area (Å²) in [6, 6.07) is 0. The van der Waals surface area contributed by atoms with Crippen LogP contribution in [0.2, 0.25) is 0 Å². The largest absolute Gasteiger partial charge is 0.514 e. The van der Waals surface area contributed by atoms with E-state index < -0.39 is 10.9 Å². The van der Waals surface area contributed by atoms with Crippen molar-refractivity contribution in [3.63, 3.8) is 0 Å². The van der Waals surface area contributed by atoms with Gasteiger partial charge in [-0.2, -0.15) is 0 Å². The van der Waals surface area contributed by atoms with Crippen molar-refractivity contribution < 1.29 is 14.5 Å². The first-order chi connectivity index (χ1) is 12.0. The second-order valence-electron chi connectivity index (χ2n) is 5.48. The molecule has 0 atom stereocenters. The molecule has 0 amide bonds. The van der Waals surface area contributed by atoms with Gasteiger partial charge >= 0.3 is 11.9 Å². The molecular weight excluding hydrogens is 348 g/mol. The number of thiophene rings is 1. The molecule has 132 valence electrons. The smallest absolute Gasteiger partial charge is 0.462 e. The molecule has 0 spiro atoms. The average molecular weight is 364 g/mol. The molecule has 0 fully saturated rings. The fraction of sp³-hybridized carbons (Fsp3) is 0.500. The molecule has 0 N–H and O–H groups in total. The molecule has 0 aromatic carbocycles. The van der Waals surface area contributed by atoms with Gasteiger partial charge in [0.15, 0.2) is 0 Å². The second kappa shape index (κ2) is 7.05. The lowest BCUT2D eigenvalue weighted by Gasteiger charge is -2.04. The van der Waals surface area contributed by atoms with Crippen LogP contribution in [0.15, 0.2) is 4.99 Å². The third-order valence-electron chi connectivity index (χ3n) is 3.65. The van der Waals surface area contributed by atoms with E-state index in [0.717, 1.165) is 29.6 Å². The van der Waals surface area contributed by atoms with Crippen molar-refractivity contribution in [3.05, 3.63) is 26.1 Å². The highest BCUT2D eigenvalue weighted by molar-refractivity contribution is 7.16. The maximum Gasteiger partial charge on any atom is 0.514 e. The highest BCUT2D eigenvalue weighted by atomic mass is 32.1. The molecule has 0 aliphatic heterocycles. The Morgan fingerprint density at radius 1 is 1.48 bits per heavy atom. The first kappa shape index (κ1) is 17.1. The number of esters is 1. The minimum Gasteiger partial charge on any atom is -0.462 e.